The van der Waals surface area contributed by atoms with Crippen molar-refractivity contribution in [1.29, 1.82) is 0 Å². The Morgan fingerprint density at radius 2 is 2.04 bits per heavy atom. The number of nitrogens with one attached hydrogen (secondary N) is 1. The number of anilines is 2. The Morgan fingerprint density at radius 1 is 1.19 bits per heavy atom. The molecule has 0 saturated heterocycles. The fourth-order valence-corrected chi connectivity index (χ4v) is 2.61. The molecule has 3 aromatic rings. The Labute approximate surface area is 157 Å². The van der Waals surface area contributed by atoms with Gasteiger partial charge in [0.2, 0.25) is 17.6 Å². The number of pyridine rings is 2. The molecule has 140 valence electrons. The van der Waals surface area contributed by atoms with Gasteiger partial charge in [0, 0.05) is 43.9 Å². The number of hydrogen-bond acceptors (Lipinski definition) is 7. The second-order valence-electron chi connectivity index (χ2n) is 5.88. The number of carbonyl (C=O) groups is 1. The maximum Gasteiger partial charge on any atom is 0.227 e. The number of rotatable bonds is 8. The van der Waals surface area contributed by atoms with Gasteiger partial charge in [-0.2, -0.15) is 4.98 Å². The SMILES string of the molecule is CCN(CC)c1ccc(NC(=O)CCc2nc(-c3cccnc3)no2)cn1. The first kappa shape index (κ1) is 18.5. The Bertz CT molecular complexity index is 859. The molecule has 3 aromatic heterocycles. The molecule has 0 aliphatic carbocycles. The van der Waals surface area contributed by atoms with Gasteiger partial charge in [-0.15, -0.1) is 0 Å². The number of aryl methyl sites for hydroxylation is 1. The molecule has 0 aliphatic heterocycles. The Balaban J connectivity index is 1.52. The summed E-state index contributed by atoms with van der Waals surface area (Å²) in [6.45, 7) is 5.94. The van der Waals surface area contributed by atoms with Gasteiger partial charge < -0.3 is 14.7 Å². The highest BCUT2D eigenvalue weighted by atomic mass is 16.5. The van der Waals surface area contributed by atoms with Crippen LogP contribution in [0, 0.1) is 0 Å². The third kappa shape index (κ3) is 4.87. The van der Waals surface area contributed by atoms with Crippen molar-refractivity contribution in [3.8, 4) is 11.4 Å². The molecule has 8 nitrogen and oxygen atoms in total. The van der Waals surface area contributed by atoms with Crippen LogP contribution in [-0.2, 0) is 11.2 Å². The van der Waals surface area contributed by atoms with Gasteiger partial charge in [-0.3, -0.25) is 9.78 Å². The predicted octanol–water partition coefficient (Wildman–Crippen LogP) is 2.94. The summed E-state index contributed by atoms with van der Waals surface area (Å²) >= 11 is 0. The van der Waals surface area contributed by atoms with Crippen LogP contribution in [0.4, 0.5) is 11.5 Å². The molecule has 1 amide bonds. The van der Waals surface area contributed by atoms with Crippen LogP contribution in [-0.4, -0.2) is 39.1 Å². The van der Waals surface area contributed by atoms with Crippen LogP contribution in [0.1, 0.15) is 26.2 Å². The minimum absolute atomic E-state index is 0.131. The van der Waals surface area contributed by atoms with E-state index in [4.69, 9.17) is 4.52 Å². The highest BCUT2D eigenvalue weighted by Crippen LogP contribution is 2.16. The minimum Gasteiger partial charge on any atom is -0.357 e. The molecule has 3 heterocycles. The first-order valence-corrected chi connectivity index (χ1v) is 8.93. The van der Waals surface area contributed by atoms with Gasteiger partial charge in [0.1, 0.15) is 5.82 Å². The van der Waals surface area contributed by atoms with Gasteiger partial charge >= 0.3 is 0 Å². The van der Waals surface area contributed by atoms with Crippen LogP contribution < -0.4 is 10.2 Å². The van der Waals surface area contributed by atoms with Crippen molar-refractivity contribution in [3.63, 3.8) is 0 Å². The Morgan fingerprint density at radius 3 is 2.70 bits per heavy atom. The van der Waals surface area contributed by atoms with Crippen molar-refractivity contribution >= 4 is 17.4 Å². The Kier molecular flexibility index (Phi) is 6.09. The van der Waals surface area contributed by atoms with Crippen molar-refractivity contribution in [1.82, 2.24) is 20.1 Å². The standard InChI is InChI=1S/C19H22N6O2/c1-3-25(4-2)16-8-7-15(13-21-16)22-17(26)9-10-18-23-19(24-27-18)14-6-5-11-20-12-14/h5-8,11-13H,3-4,9-10H2,1-2H3,(H,22,26). The van der Waals surface area contributed by atoms with Crippen molar-refractivity contribution < 1.29 is 9.32 Å². The van der Waals surface area contributed by atoms with Crippen LogP contribution in [0.3, 0.4) is 0 Å². The summed E-state index contributed by atoms with van der Waals surface area (Å²) in [5.74, 6) is 1.65. The number of hydrogen-bond donors (Lipinski definition) is 1. The van der Waals surface area contributed by atoms with Crippen molar-refractivity contribution in [2.45, 2.75) is 26.7 Å². The van der Waals surface area contributed by atoms with Crippen molar-refractivity contribution in [2.75, 3.05) is 23.3 Å². The third-order valence-electron chi connectivity index (χ3n) is 4.07. The van der Waals surface area contributed by atoms with Crippen LogP contribution >= 0.6 is 0 Å². The average Bonchev–Trinajstić information content (AvgIpc) is 3.18. The van der Waals surface area contributed by atoms with Crippen LogP contribution in [0.2, 0.25) is 0 Å². The lowest BCUT2D eigenvalue weighted by Gasteiger charge is -2.19. The summed E-state index contributed by atoms with van der Waals surface area (Å²) in [4.78, 5) is 27.0. The van der Waals surface area contributed by atoms with Crippen LogP contribution in [0.25, 0.3) is 11.4 Å². The van der Waals surface area contributed by atoms with E-state index < -0.39 is 0 Å². The fourth-order valence-electron chi connectivity index (χ4n) is 2.61. The van der Waals surface area contributed by atoms with E-state index in [2.05, 4.69) is 44.2 Å². The van der Waals surface area contributed by atoms with Crippen molar-refractivity contribution in [2.24, 2.45) is 0 Å². The van der Waals surface area contributed by atoms with Gasteiger partial charge in [0.05, 0.1) is 11.9 Å². The molecule has 27 heavy (non-hydrogen) atoms. The quantitative estimate of drug-likeness (QED) is 0.654. The molecule has 0 spiro atoms. The van der Waals surface area contributed by atoms with E-state index in [-0.39, 0.29) is 12.3 Å². The van der Waals surface area contributed by atoms with E-state index in [1.54, 1.807) is 24.7 Å². The van der Waals surface area contributed by atoms with E-state index in [1.165, 1.54) is 0 Å². The van der Waals surface area contributed by atoms with Gasteiger partial charge in [0.25, 0.3) is 0 Å². The molecule has 0 saturated carbocycles. The molecule has 3 rings (SSSR count). The van der Waals surface area contributed by atoms with E-state index in [1.807, 2.05) is 18.2 Å². The summed E-state index contributed by atoms with van der Waals surface area (Å²) in [5, 5.41) is 6.75. The molecular formula is C19H22N6O2. The highest BCUT2D eigenvalue weighted by Gasteiger charge is 2.11. The monoisotopic (exact) mass is 366 g/mol. The smallest absolute Gasteiger partial charge is 0.227 e. The first-order chi connectivity index (χ1) is 13.2. The fraction of sp³-hybridized carbons (Fsp3) is 0.316. The molecule has 8 heteroatoms. The molecule has 0 bridgehead atoms. The highest BCUT2D eigenvalue weighted by molar-refractivity contribution is 5.90. The zero-order valence-corrected chi connectivity index (χ0v) is 15.4. The maximum atomic E-state index is 12.1. The van der Waals surface area contributed by atoms with Crippen molar-refractivity contribution in [3.05, 3.63) is 48.7 Å². The molecule has 0 aromatic carbocycles. The molecule has 0 atom stereocenters. The summed E-state index contributed by atoms with van der Waals surface area (Å²) in [6, 6.07) is 7.41. The summed E-state index contributed by atoms with van der Waals surface area (Å²) in [6.07, 6.45) is 5.61. The normalized spacial score (nSPS) is 10.6. The molecule has 1 N–H and O–H groups in total. The van der Waals surface area contributed by atoms with Gasteiger partial charge in [-0.05, 0) is 38.1 Å². The largest absolute Gasteiger partial charge is 0.357 e. The zero-order chi connectivity index (χ0) is 19.1. The van der Waals surface area contributed by atoms with Crippen LogP contribution in [0.15, 0.2) is 47.4 Å². The number of amides is 1. The first-order valence-electron chi connectivity index (χ1n) is 8.93. The lowest BCUT2D eigenvalue weighted by Crippen LogP contribution is -2.22. The average molecular weight is 366 g/mol. The zero-order valence-electron chi connectivity index (χ0n) is 15.4. The topological polar surface area (TPSA) is 97.0 Å². The van der Waals surface area contributed by atoms with E-state index in [0.717, 1.165) is 24.5 Å². The summed E-state index contributed by atoms with van der Waals surface area (Å²) < 4.78 is 5.20. The lowest BCUT2D eigenvalue weighted by molar-refractivity contribution is -0.116. The van der Waals surface area contributed by atoms with Crippen LogP contribution in [0.5, 0.6) is 0 Å². The van der Waals surface area contributed by atoms with E-state index in [9.17, 15) is 4.79 Å². The third-order valence-corrected chi connectivity index (χ3v) is 4.07. The molecule has 0 aliphatic rings. The van der Waals surface area contributed by atoms with E-state index >= 15 is 0 Å². The van der Waals surface area contributed by atoms with Gasteiger partial charge in [0.15, 0.2) is 0 Å². The second kappa shape index (κ2) is 8.88. The number of aromatic nitrogens is 4. The molecular weight excluding hydrogens is 344 g/mol. The minimum atomic E-state index is -0.131. The maximum absolute atomic E-state index is 12.1. The molecule has 0 unspecified atom stereocenters. The Hall–Kier alpha value is -3.29. The number of carbonyl (C=O) groups excluding carboxylic acids is 1. The van der Waals surface area contributed by atoms with Gasteiger partial charge in [-0.25, -0.2) is 4.98 Å². The summed E-state index contributed by atoms with van der Waals surface area (Å²) in [7, 11) is 0. The number of nitrogens with zero attached hydrogens (tertiary/aromatic N) is 5. The second-order valence-corrected chi connectivity index (χ2v) is 5.88. The summed E-state index contributed by atoms with van der Waals surface area (Å²) in [5.41, 5.74) is 1.44. The molecule has 0 fully saturated rings. The lowest BCUT2D eigenvalue weighted by atomic mass is 10.2. The predicted molar refractivity (Wildman–Crippen MR) is 102 cm³/mol. The van der Waals surface area contributed by atoms with Gasteiger partial charge in [-0.1, -0.05) is 5.16 Å². The van der Waals surface area contributed by atoms with E-state index in [0.29, 0.717) is 23.8 Å². The molecule has 0 radical (unpaired) electrons.